The molecule has 0 bridgehead atoms. The number of nitrogens with one attached hydrogen (secondary N) is 1. The average Bonchev–Trinajstić information content (AvgIpc) is 2.29. The molecule has 1 N–H and O–H groups in total. The first-order chi connectivity index (χ1) is 9.61. The summed E-state index contributed by atoms with van der Waals surface area (Å²) in [7, 11) is 0. The summed E-state index contributed by atoms with van der Waals surface area (Å²) in [5.74, 6) is 1.56. The molecule has 0 aromatic heterocycles. The van der Waals surface area contributed by atoms with Crippen molar-refractivity contribution in [3.8, 4) is 11.5 Å². The van der Waals surface area contributed by atoms with Crippen LogP contribution in [0.15, 0.2) is 18.2 Å². The molecule has 2 saturated heterocycles. The van der Waals surface area contributed by atoms with E-state index in [1.54, 1.807) is 0 Å². The minimum atomic E-state index is 0.226. The first kappa shape index (κ1) is 14.0. The zero-order chi connectivity index (χ0) is 14.1. The van der Waals surface area contributed by atoms with Crippen LogP contribution in [-0.2, 0) is 0 Å². The maximum absolute atomic E-state index is 6.05. The molecule has 0 radical (unpaired) electrons. The highest BCUT2D eigenvalue weighted by molar-refractivity contribution is 6.30. The Bertz CT molecular complexity index is 471. The number of likely N-dealkylation sites (tertiary alicyclic amines) is 1. The smallest absolute Gasteiger partial charge is 0.163 e. The van der Waals surface area contributed by atoms with Gasteiger partial charge in [-0.25, -0.2) is 0 Å². The lowest BCUT2D eigenvalue weighted by Crippen LogP contribution is -2.56. The topological polar surface area (TPSA) is 33.7 Å². The van der Waals surface area contributed by atoms with E-state index >= 15 is 0 Å². The van der Waals surface area contributed by atoms with Gasteiger partial charge in [-0.2, -0.15) is 0 Å². The summed E-state index contributed by atoms with van der Waals surface area (Å²) in [6.45, 7) is 8.13. The molecule has 0 aliphatic carbocycles. The Balaban J connectivity index is 1.63. The van der Waals surface area contributed by atoms with Gasteiger partial charge in [0.15, 0.2) is 11.5 Å². The van der Waals surface area contributed by atoms with Crippen LogP contribution in [0.5, 0.6) is 11.5 Å². The number of ether oxygens (including phenoxy) is 2. The zero-order valence-corrected chi connectivity index (χ0v) is 12.7. The van der Waals surface area contributed by atoms with Gasteiger partial charge >= 0.3 is 0 Å². The SMILES string of the molecule is CC(C)N1CC(Oc2ccc(Cl)cc2OC2CNC2)C1. The van der Waals surface area contributed by atoms with Gasteiger partial charge in [0.05, 0.1) is 0 Å². The van der Waals surface area contributed by atoms with Crippen LogP contribution < -0.4 is 14.8 Å². The fourth-order valence-electron chi connectivity index (χ4n) is 2.34. The third kappa shape index (κ3) is 3.03. The number of benzene rings is 1. The van der Waals surface area contributed by atoms with Gasteiger partial charge in [-0.3, -0.25) is 4.90 Å². The van der Waals surface area contributed by atoms with Crippen molar-refractivity contribution in [1.29, 1.82) is 0 Å². The first-order valence-corrected chi connectivity index (χ1v) is 7.57. The van der Waals surface area contributed by atoms with E-state index in [9.17, 15) is 0 Å². The van der Waals surface area contributed by atoms with Gasteiger partial charge in [0.1, 0.15) is 12.2 Å². The summed E-state index contributed by atoms with van der Waals surface area (Å²) in [4.78, 5) is 2.39. The minimum absolute atomic E-state index is 0.226. The molecule has 4 nitrogen and oxygen atoms in total. The molecule has 2 aliphatic rings. The summed E-state index contributed by atoms with van der Waals surface area (Å²) >= 11 is 6.05. The van der Waals surface area contributed by atoms with E-state index in [-0.39, 0.29) is 12.2 Å². The second kappa shape index (κ2) is 5.80. The minimum Gasteiger partial charge on any atom is -0.484 e. The predicted octanol–water partition coefficient (Wildman–Crippen LogP) is 2.16. The van der Waals surface area contributed by atoms with Crippen molar-refractivity contribution >= 4 is 11.6 Å². The lowest BCUT2D eigenvalue weighted by Gasteiger charge is -2.41. The molecule has 20 heavy (non-hydrogen) atoms. The number of rotatable bonds is 5. The highest BCUT2D eigenvalue weighted by Gasteiger charge is 2.31. The van der Waals surface area contributed by atoms with E-state index in [0.29, 0.717) is 11.1 Å². The standard InChI is InChI=1S/C15H21ClN2O2/c1-10(2)18-8-13(9-18)20-14-4-3-11(16)5-15(14)19-12-6-17-7-12/h3-5,10,12-13,17H,6-9H2,1-2H3. The summed E-state index contributed by atoms with van der Waals surface area (Å²) in [5.41, 5.74) is 0. The van der Waals surface area contributed by atoms with Gasteiger partial charge in [-0.15, -0.1) is 0 Å². The second-order valence-electron chi connectivity index (χ2n) is 5.78. The average molecular weight is 297 g/mol. The van der Waals surface area contributed by atoms with Gasteiger partial charge < -0.3 is 14.8 Å². The maximum atomic E-state index is 6.05. The molecule has 1 aromatic rings. The molecule has 3 rings (SSSR count). The van der Waals surface area contributed by atoms with Crippen LogP contribution >= 0.6 is 11.6 Å². The zero-order valence-electron chi connectivity index (χ0n) is 11.9. The monoisotopic (exact) mass is 296 g/mol. The van der Waals surface area contributed by atoms with Crippen molar-refractivity contribution in [3.63, 3.8) is 0 Å². The molecule has 2 fully saturated rings. The fraction of sp³-hybridized carbons (Fsp3) is 0.600. The van der Waals surface area contributed by atoms with E-state index in [4.69, 9.17) is 21.1 Å². The van der Waals surface area contributed by atoms with Crippen LogP contribution in [0.1, 0.15) is 13.8 Å². The van der Waals surface area contributed by atoms with E-state index in [2.05, 4.69) is 24.1 Å². The van der Waals surface area contributed by atoms with Crippen molar-refractivity contribution in [3.05, 3.63) is 23.2 Å². The van der Waals surface area contributed by atoms with Gasteiger partial charge in [0.2, 0.25) is 0 Å². The van der Waals surface area contributed by atoms with Crippen molar-refractivity contribution in [1.82, 2.24) is 10.2 Å². The highest BCUT2D eigenvalue weighted by Crippen LogP contribution is 2.33. The number of halogens is 1. The normalized spacial score (nSPS) is 20.6. The maximum Gasteiger partial charge on any atom is 0.163 e. The predicted molar refractivity (Wildman–Crippen MR) is 79.9 cm³/mol. The molecular weight excluding hydrogens is 276 g/mol. The molecule has 0 saturated carbocycles. The fourth-order valence-corrected chi connectivity index (χ4v) is 2.50. The van der Waals surface area contributed by atoms with Crippen molar-refractivity contribution in [2.45, 2.75) is 32.1 Å². The van der Waals surface area contributed by atoms with Crippen molar-refractivity contribution in [2.75, 3.05) is 26.2 Å². The molecule has 110 valence electrons. The molecular formula is C15H21ClN2O2. The summed E-state index contributed by atoms with van der Waals surface area (Å²) in [6, 6.07) is 6.18. The largest absolute Gasteiger partial charge is 0.484 e. The molecule has 2 aliphatic heterocycles. The number of nitrogens with zero attached hydrogens (tertiary/aromatic N) is 1. The Morgan fingerprint density at radius 1 is 1.15 bits per heavy atom. The second-order valence-corrected chi connectivity index (χ2v) is 6.21. The Morgan fingerprint density at radius 3 is 2.45 bits per heavy atom. The molecule has 0 amide bonds. The third-order valence-electron chi connectivity index (χ3n) is 3.84. The summed E-state index contributed by atoms with van der Waals surface area (Å²) in [6.07, 6.45) is 0.477. The molecule has 0 spiro atoms. The quantitative estimate of drug-likeness (QED) is 0.903. The van der Waals surface area contributed by atoms with Gasteiger partial charge in [0.25, 0.3) is 0 Å². The van der Waals surface area contributed by atoms with Gasteiger partial charge in [-0.05, 0) is 26.0 Å². The highest BCUT2D eigenvalue weighted by atomic mass is 35.5. The molecule has 0 unspecified atom stereocenters. The number of hydrogen-bond acceptors (Lipinski definition) is 4. The summed E-state index contributed by atoms with van der Waals surface area (Å²) in [5, 5.41) is 3.87. The summed E-state index contributed by atoms with van der Waals surface area (Å²) < 4.78 is 12.0. The van der Waals surface area contributed by atoms with E-state index in [0.717, 1.165) is 37.7 Å². The third-order valence-corrected chi connectivity index (χ3v) is 4.08. The molecule has 1 aromatic carbocycles. The Hall–Kier alpha value is -0.970. The van der Waals surface area contributed by atoms with Crippen molar-refractivity contribution in [2.24, 2.45) is 0 Å². The molecule has 0 atom stereocenters. The van der Waals surface area contributed by atoms with Gasteiger partial charge in [0, 0.05) is 43.3 Å². The van der Waals surface area contributed by atoms with E-state index in [1.807, 2.05) is 18.2 Å². The Kier molecular flexibility index (Phi) is 4.06. The van der Waals surface area contributed by atoms with Crippen molar-refractivity contribution < 1.29 is 9.47 Å². The van der Waals surface area contributed by atoms with Crippen LogP contribution in [0.2, 0.25) is 5.02 Å². The van der Waals surface area contributed by atoms with Crippen LogP contribution in [0.25, 0.3) is 0 Å². The first-order valence-electron chi connectivity index (χ1n) is 7.19. The molecule has 5 heteroatoms. The number of hydrogen-bond donors (Lipinski definition) is 1. The van der Waals surface area contributed by atoms with Crippen LogP contribution in [0, 0.1) is 0 Å². The Morgan fingerprint density at radius 2 is 1.85 bits per heavy atom. The Labute approximate surface area is 125 Å². The van der Waals surface area contributed by atoms with Crippen LogP contribution in [-0.4, -0.2) is 49.3 Å². The molecule has 2 heterocycles. The van der Waals surface area contributed by atoms with Gasteiger partial charge in [-0.1, -0.05) is 11.6 Å². The lowest BCUT2D eigenvalue weighted by molar-refractivity contribution is -0.00258. The van der Waals surface area contributed by atoms with Crippen LogP contribution in [0.3, 0.4) is 0 Å². The van der Waals surface area contributed by atoms with E-state index in [1.165, 1.54) is 0 Å². The lowest BCUT2D eigenvalue weighted by atomic mass is 10.1. The van der Waals surface area contributed by atoms with Crippen LogP contribution in [0.4, 0.5) is 0 Å². The van der Waals surface area contributed by atoms with E-state index < -0.39 is 0 Å².